The van der Waals surface area contributed by atoms with Gasteiger partial charge in [-0.2, -0.15) is 0 Å². The molecular formula is C16H23N3O2. The lowest BCUT2D eigenvalue weighted by Gasteiger charge is -2.40. The van der Waals surface area contributed by atoms with E-state index in [4.69, 9.17) is 4.52 Å². The number of rotatable bonds is 3. The van der Waals surface area contributed by atoms with Crippen molar-refractivity contribution in [2.24, 2.45) is 11.8 Å². The first kappa shape index (κ1) is 13.3. The van der Waals surface area contributed by atoms with Crippen molar-refractivity contribution in [3.8, 4) is 0 Å². The minimum atomic E-state index is 0.0335. The van der Waals surface area contributed by atoms with Gasteiger partial charge in [0, 0.05) is 38.3 Å². The largest absolute Gasteiger partial charge is 0.364 e. The number of aromatic nitrogens is 1. The highest BCUT2D eigenvalue weighted by atomic mass is 16.5. The molecular weight excluding hydrogens is 266 g/mol. The van der Waals surface area contributed by atoms with Crippen molar-refractivity contribution in [2.75, 3.05) is 26.2 Å². The molecule has 0 radical (unpaired) electrons. The number of carbonyl (C=O) groups excluding carboxylic acids is 1. The van der Waals surface area contributed by atoms with Crippen LogP contribution in [0.15, 0.2) is 16.9 Å². The van der Waals surface area contributed by atoms with Crippen LogP contribution in [0.3, 0.4) is 0 Å². The molecule has 0 spiro atoms. The van der Waals surface area contributed by atoms with E-state index in [1.54, 1.807) is 6.07 Å². The van der Waals surface area contributed by atoms with Gasteiger partial charge < -0.3 is 9.42 Å². The van der Waals surface area contributed by atoms with E-state index in [2.05, 4.69) is 10.1 Å². The second kappa shape index (κ2) is 5.44. The average Bonchev–Trinajstić information content (AvgIpc) is 2.83. The number of amides is 1. The van der Waals surface area contributed by atoms with Crippen LogP contribution in [0.25, 0.3) is 0 Å². The molecule has 4 fully saturated rings. The predicted octanol–water partition coefficient (Wildman–Crippen LogP) is 2.01. The summed E-state index contributed by atoms with van der Waals surface area (Å²) in [6.45, 7) is 4.15. The normalized spacial score (nSPS) is 30.2. The molecule has 3 saturated heterocycles. The van der Waals surface area contributed by atoms with Gasteiger partial charge in [0.25, 0.3) is 5.91 Å². The number of fused-ring (bicyclic) bond motifs is 4. The third-order valence-corrected chi connectivity index (χ3v) is 5.49. The molecule has 5 heteroatoms. The highest BCUT2D eigenvalue weighted by molar-refractivity contribution is 5.92. The molecule has 1 aromatic rings. The summed E-state index contributed by atoms with van der Waals surface area (Å²) in [6, 6.07) is 2.21. The number of hydrogen-bond donors (Lipinski definition) is 0. The summed E-state index contributed by atoms with van der Waals surface area (Å²) >= 11 is 0. The smallest absolute Gasteiger partial charge is 0.276 e. The van der Waals surface area contributed by atoms with Crippen LogP contribution < -0.4 is 0 Å². The number of hydrogen-bond acceptors (Lipinski definition) is 4. The van der Waals surface area contributed by atoms with Gasteiger partial charge in [0.1, 0.15) is 6.26 Å². The molecule has 0 unspecified atom stereocenters. The third-order valence-electron chi connectivity index (χ3n) is 5.49. The Balaban J connectivity index is 1.46. The average molecular weight is 289 g/mol. The molecule has 21 heavy (non-hydrogen) atoms. The monoisotopic (exact) mass is 289 g/mol. The zero-order chi connectivity index (χ0) is 14.2. The van der Waals surface area contributed by atoms with E-state index in [1.165, 1.54) is 51.5 Å². The van der Waals surface area contributed by atoms with Gasteiger partial charge in [-0.05, 0) is 37.5 Å². The highest BCUT2D eigenvalue weighted by Crippen LogP contribution is 2.33. The maximum atomic E-state index is 12.5. The lowest BCUT2D eigenvalue weighted by Crippen LogP contribution is -2.47. The Morgan fingerprint density at radius 1 is 1.24 bits per heavy atom. The fraction of sp³-hybridized carbons (Fsp3) is 0.750. The van der Waals surface area contributed by atoms with Crippen molar-refractivity contribution in [1.29, 1.82) is 0 Å². The molecule has 4 heterocycles. The Bertz CT molecular complexity index is 498. The molecule has 3 aliphatic heterocycles. The van der Waals surface area contributed by atoms with Crippen LogP contribution >= 0.6 is 0 Å². The topological polar surface area (TPSA) is 49.6 Å². The lowest BCUT2D eigenvalue weighted by atomic mass is 9.83. The second-order valence-electron chi connectivity index (χ2n) is 6.94. The first-order chi connectivity index (χ1) is 10.3. The molecule has 2 bridgehead atoms. The number of piperidine rings is 1. The van der Waals surface area contributed by atoms with Gasteiger partial charge in [0.05, 0.1) is 0 Å². The quantitative estimate of drug-likeness (QED) is 0.854. The maximum Gasteiger partial charge on any atom is 0.276 e. The van der Waals surface area contributed by atoms with Crippen molar-refractivity contribution in [2.45, 2.75) is 38.1 Å². The van der Waals surface area contributed by atoms with Crippen LogP contribution in [0.4, 0.5) is 0 Å². The number of carbonyl (C=O) groups is 1. The molecule has 4 aliphatic rings. The standard InChI is InChI=1S/C16H23N3O2/c20-16(15-6-7-21-17-15)19-10-13-4-5-14(11-19)18(9-13)8-12-2-1-3-12/h6-7,12-14H,1-5,8-11H2/t13-,14-/m0/s1. The highest BCUT2D eigenvalue weighted by Gasteiger charge is 2.38. The summed E-state index contributed by atoms with van der Waals surface area (Å²) in [6.07, 6.45) is 8.17. The van der Waals surface area contributed by atoms with Crippen LogP contribution in [-0.4, -0.2) is 53.1 Å². The van der Waals surface area contributed by atoms with Gasteiger partial charge in [0.15, 0.2) is 5.69 Å². The molecule has 1 aliphatic carbocycles. The van der Waals surface area contributed by atoms with Crippen molar-refractivity contribution in [3.63, 3.8) is 0 Å². The summed E-state index contributed by atoms with van der Waals surface area (Å²) < 4.78 is 4.81. The first-order valence-electron chi connectivity index (χ1n) is 8.23. The van der Waals surface area contributed by atoms with Crippen LogP contribution in [0.1, 0.15) is 42.6 Å². The summed E-state index contributed by atoms with van der Waals surface area (Å²) in [7, 11) is 0. The minimum absolute atomic E-state index is 0.0335. The van der Waals surface area contributed by atoms with E-state index >= 15 is 0 Å². The van der Waals surface area contributed by atoms with Gasteiger partial charge in [0.2, 0.25) is 0 Å². The van der Waals surface area contributed by atoms with Crippen molar-refractivity contribution in [3.05, 3.63) is 18.0 Å². The zero-order valence-electron chi connectivity index (χ0n) is 12.4. The van der Waals surface area contributed by atoms with Gasteiger partial charge in [-0.15, -0.1) is 0 Å². The molecule has 0 N–H and O–H groups in total. The van der Waals surface area contributed by atoms with Crippen LogP contribution in [-0.2, 0) is 0 Å². The predicted molar refractivity (Wildman–Crippen MR) is 77.8 cm³/mol. The number of nitrogens with zero attached hydrogens (tertiary/aromatic N) is 3. The fourth-order valence-corrected chi connectivity index (χ4v) is 4.06. The first-order valence-corrected chi connectivity index (χ1v) is 8.23. The van der Waals surface area contributed by atoms with Crippen molar-refractivity contribution >= 4 is 5.91 Å². The van der Waals surface area contributed by atoms with Gasteiger partial charge >= 0.3 is 0 Å². The maximum absolute atomic E-state index is 12.5. The summed E-state index contributed by atoms with van der Waals surface area (Å²) in [5.74, 6) is 1.56. The second-order valence-corrected chi connectivity index (χ2v) is 6.94. The van der Waals surface area contributed by atoms with E-state index in [1.807, 2.05) is 4.90 Å². The van der Waals surface area contributed by atoms with E-state index in [0.29, 0.717) is 17.7 Å². The van der Waals surface area contributed by atoms with Crippen LogP contribution in [0.5, 0.6) is 0 Å². The van der Waals surface area contributed by atoms with Crippen LogP contribution in [0, 0.1) is 11.8 Å². The Morgan fingerprint density at radius 3 is 2.86 bits per heavy atom. The Hall–Kier alpha value is -1.36. The van der Waals surface area contributed by atoms with E-state index < -0.39 is 0 Å². The molecule has 0 aromatic carbocycles. The molecule has 2 atom stereocenters. The van der Waals surface area contributed by atoms with Crippen molar-refractivity contribution in [1.82, 2.24) is 15.0 Å². The fourth-order valence-electron chi connectivity index (χ4n) is 4.06. The Labute approximate surface area is 125 Å². The molecule has 114 valence electrons. The van der Waals surface area contributed by atoms with Gasteiger partial charge in [-0.25, -0.2) is 0 Å². The molecule has 1 saturated carbocycles. The van der Waals surface area contributed by atoms with Crippen molar-refractivity contribution < 1.29 is 9.32 Å². The molecule has 5 nitrogen and oxygen atoms in total. The third kappa shape index (κ3) is 2.59. The van der Waals surface area contributed by atoms with E-state index in [0.717, 1.165) is 19.0 Å². The SMILES string of the molecule is O=C(c1ccon1)N1C[C@H]2CC[C@@H](C1)N(CC1CCC1)C2. The summed E-state index contributed by atoms with van der Waals surface area (Å²) in [5.41, 5.74) is 0.446. The van der Waals surface area contributed by atoms with E-state index in [9.17, 15) is 4.79 Å². The van der Waals surface area contributed by atoms with Gasteiger partial charge in [-0.3, -0.25) is 9.69 Å². The Kier molecular flexibility index (Phi) is 3.45. The van der Waals surface area contributed by atoms with Gasteiger partial charge in [-0.1, -0.05) is 11.6 Å². The molecule has 5 rings (SSSR count). The summed E-state index contributed by atoms with van der Waals surface area (Å²) in [5, 5.41) is 3.80. The molecule has 1 amide bonds. The zero-order valence-corrected chi connectivity index (χ0v) is 12.4. The lowest BCUT2D eigenvalue weighted by molar-refractivity contribution is 0.0708. The van der Waals surface area contributed by atoms with E-state index in [-0.39, 0.29) is 5.91 Å². The molecule has 1 aromatic heterocycles. The Morgan fingerprint density at radius 2 is 2.14 bits per heavy atom. The minimum Gasteiger partial charge on any atom is -0.364 e. The van der Waals surface area contributed by atoms with Crippen LogP contribution in [0.2, 0.25) is 0 Å². The summed E-state index contributed by atoms with van der Waals surface area (Å²) in [4.78, 5) is 17.2.